The molecule has 0 bridgehead atoms. The highest BCUT2D eigenvalue weighted by molar-refractivity contribution is 7.95. The molecular formula is C24H19Cl2F3N2O2S. The van der Waals surface area contributed by atoms with Gasteiger partial charge in [-0.25, -0.2) is 8.42 Å². The van der Waals surface area contributed by atoms with Crippen LogP contribution in [0, 0.1) is 18.3 Å². The molecule has 1 aromatic heterocycles. The van der Waals surface area contributed by atoms with Gasteiger partial charge in [-0.05, 0) is 54.8 Å². The predicted octanol–water partition coefficient (Wildman–Crippen LogP) is 7.57. The van der Waals surface area contributed by atoms with E-state index >= 15 is 0 Å². The molecule has 0 fully saturated rings. The lowest BCUT2D eigenvalue weighted by Crippen LogP contribution is -2.13. The first-order valence-corrected chi connectivity index (χ1v) is 12.2. The molecule has 3 aromatic rings. The molecule has 34 heavy (non-hydrogen) atoms. The molecule has 2 aromatic carbocycles. The average Bonchev–Trinajstić information content (AvgIpc) is 3.09. The molecule has 0 atom stereocenters. The van der Waals surface area contributed by atoms with Gasteiger partial charge in [0.1, 0.15) is 11.0 Å². The highest BCUT2D eigenvalue weighted by Gasteiger charge is 2.35. The van der Waals surface area contributed by atoms with Crippen LogP contribution in [0.4, 0.5) is 13.2 Å². The Bertz CT molecular complexity index is 1430. The van der Waals surface area contributed by atoms with Crippen molar-refractivity contribution >= 4 is 39.1 Å². The molecule has 0 N–H and O–H groups in total. The van der Waals surface area contributed by atoms with Gasteiger partial charge in [-0.3, -0.25) is 0 Å². The number of halogens is 5. The molecule has 178 valence electrons. The summed E-state index contributed by atoms with van der Waals surface area (Å²) in [5, 5.41) is 9.45. The molecule has 0 spiro atoms. The molecule has 4 nitrogen and oxygen atoms in total. The van der Waals surface area contributed by atoms with Gasteiger partial charge >= 0.3 is 6.18 Å². The van der Waals surface area contributed by atoms with Crippen LogP contribution < -0.4 is 0 Å². The fourth-order valence-electron chi connectivity index (χ4n) is 3.57. The van der Waals surface area contributed by atoms with Crippen LogP contribution in [0.2, 0.25) is 10.0 Å². The van der Waals surface area contributed by atoms with E-state index in [1.165, 1.54) is 41.0 Å². The van der Waals surface area contributed by atoms with E-state index in [0.29, 0.717) is 17.0 Å². The van der Waals surface area contributed by atoms with Crippen LogP contribution >= 0.6 is 23.2 Å². The Morgan fingerprint density at radius 2 is 1.76 bits per heavy atom. The van der Waals surface area contributed by atoms with Gasteiger partial charge < -0.3 is 4.57 Å². The summed E-state index contributed by atoms with van der Waals surface area (Å²) in [7, 11) is -4.34. The minimum atomic E-state index is -4.60. The number of nitriles is 1. The van der Waals surface area contributed by atoms with Crippen molar-refractivity contribution in [3.8, 4) is 11.8 Å². The number of hydrogen-bond donors (Lipinski definition) is 0. The van der Waals surface area contributed by atoms with Gasteiger partial charge in [-0.2, -0.15) is 18.4 Å². The van der Waals surface area contributed by atoms with E-state index < -0.39 is 26.5 Å². The minimum absolute atomic E-state index is 0.00761. The maximum absolute atomic E-state index is 13.7. The fraction of sp³-hybridized carbons (Fsp3) is 0.208. The third kappa shape index (κ3) is 4.74. The number of hydrogen-bond acceptors (Lipinski definition) is 3. The van der Waals surface area contributed by atoms with Gasteiger partial charge in [-0.15, -0.1) is 0 Å². The number of sulfone groups is 1. The lowest BCUT2D eigenvalue weighted by molar-refractivity contribution is -0.137. The Balaban J connectivity index is 2.27. The van der Waals surface area contributed by atoms with Crippen LogP contribution in [0.1, 0.15) is 42.3 Å². The number of nitrogens with zero attached hydrogens (tertiary/aromatic N) is 2. The van der Waals surface area contributed by atoms with Gasteiger partial charge in [0.15, 0.2) is 0 Å². The minimum Gasteiger partial charge on any atom is -0.317 e. The summed E-state index contributed by atoms with van der Waals surface area (Å²) in [6, 6.07) is 12.4. The van der Waals surface area contributed by atoms with Crippen molar-refractivity contribution in [2.24, 2.45) is 0 Å². The molecule has 0 aliphatic carbocycles. The maximum Gasteiger partial charge on any atom is 0.418 e. The Kier molecular flexibility index (Phi) is 7.23. The highest BCUT2D eigenvalue weighted by atomic mass is 35.5. The lowest BCUT2D eigenvalue weighted by Gasteiger charge is -2.19. The van der Waals surface area contributed by atoms with E-state index in [0.717, 1.165) is 12.1 Å². The second-order valence-corrected chi connectivity index (χ2v) is 10.5. The van der Waals surface area contributed by atoms with Gasteiger partial charge in [0, 0.05) is 11.4 Å². The normalized spacial score (nSPS) is 12.8. The van der Waals surface area contributed by atoms with Crippen LogP contribution in [0.3, 0.4) is 0 Å². The zero-order chi connectivity index (χ0) is 25.4. The summed E-state index contributed by atoms with van der Waals surface area (Å²) in [6.07, 6.45) is -3.46. The molecule has 0 amide bonds. The summed E-state index contributed by atoms with van der Waals surface area (Å²) in [5.41, 5.74) is 0.246. The molecule has 0 saturated carbocycles. The number of aromatic nitrogens is 1. The van der Waals surface area contributed by atoms with Crippen LogP contribution in [0.5, 0.6) is 0 Å². The van der Waals surface area contributed by atoms with Crippen molar-refractivity contribution in [2.75, 3.05) is 0 Å². The topological polar surface area (TPSA) is 62.9 Å². The Hall–Kier alpha value is -2.73. The van der Waals surface area contributed by atoms with E-state index in [1.807, 2.05) is 13.8 Å². The molecular weight excluding hydrogens is 508 g/mol. The van der Waals surface area contributed by atoms with Crippen molar-refractivity contribution in [1.29, 1.82) is 5.26 Å². The van der Waals surface area contributed by atoms with Crippen molar-refractivity contribution in [3.05, 3.63) is 86.0 Å². The van der Waals surface area contributed by atoms with E-state index in [2.05, 4.69) is 0 Å². The standard InChI is InChI=1S/C24H19Cl2F3N2O2S/c1-14(2)21-12-16(15(3)31(21)20-9-5-4-7-18(20)24(27,28)29)11-17(13-30)34(32,33)22-10-6-8-19(25)23(22)26/h4-12,14H,1-3H3/b17-11+. The molecule has 0 unspecified atom stereocenters. The van der Waals surface area contributed by atoms with Gasteiger partial charge in [-0.1, -0.05) is 55.2 Å². The molecule has 10 heteroatoms. The van der Waals surface area contributed by atoms with E-state index in [1.54, 1.807) is 19.1 Å². The summed E-state index contributed by atoms with van der Waals surface area (Å²) >= 11 is 12.0. The van der Waals surface area contributed by atoms with Crippen molar-refractivity contribution in [2.45, 2.75) is 37.8 Å². The molecule has 0 radical (unpaired) electrons. The first kappa shape index (κ1) is 25.9. The second kappa shape index (κ2) is 9.49. The fourth-order valence-corrected chi connectivity index (χ4v) is 5.48. The maximum atomic E-state index is 13.7. The van der Waals surface area contributed by atoms with Crippen LogP contribution in [0.25, 0.3) is 11.8 Å². The van der Waals surface area contributed by atoms with E-state index in [-0.39, 0.29) is 26.5 Å². The number of para-hydroxylation sites is 1. The second-order valence-electron chi connectivity index (χ2n) is 7.79. The Morgan fingerprint density at radius 1 is 1.12 bits per heavy atom. The Morgan fingerprint density at radius 3 is 2.35 bits per heavy atom. The third-order valence-corrected chi connectivity index (χ3v) is 7.89. The third-order valence-electron chi connectivity index (χ3n) is 5.25. The largest absolute Gasteiger partial charge is 0.418 e. The monoisotopic (exact) mass is 526 g/mol. The molecule has 3 rings (SSSR count). The predicted molar refractivity (Wildman–Crippen MR) is 127 cm³/mol. The summed E-state index contributed by atoms with van der Waals surface area (Å²) < 4.78 is 68.9. The SMILES string of the molecule is Cc1c(/C=C(\C#N)S(=O)(=O)c2cccc(Cl)c2Cl)cc(C(C)C)n1-c1ccccc1C(F)(F)F. The molecule has 0 aliphatic rings. The van der Waals surface area contributed by atoms with Crippen molar-refractivity contribution < 1.29 is 21.6 Å². The van der Waals surface area contributed by atoms with Crippen LogP contribution in [-0.2, 0) is 16.0 Å². The zero-order valence-corrected chi connectivity index (χ0v) is 20.6. The number of benzene rings is 2. The summed E-state index contributed by atoms with van der Waals surface area (Å²) in [4.78, 5) is -0.950. The van der Waals surface area contributed by atoms with Gasteiger partial charge in [0.25, 0.3) is 0 Å². The van der Waals surface area contributed by atoms with Gasteiger partial charge in [0.2, 0.25) is 9.84 Å². The van der Waals surface area contributed by atoms with Gasteiger partial charge in [0.05, 0.1) is 26.2 Å². The zero-order valence-electron chi connectivity index (χ0n) is 18.3. The molecule has 1 heterocycles. The highest BCUT2D eigenvalue weighted by Crippen LogP contribution is 2.38. The average molecular weight is 527 g/mol. The lowest BCUT2D eigenvalue weighted by atomic mass is 10.1. The smallest absolute Gasteiger partial charge is 0.317 e. The number of allylic oxidation sites excluding steroid dienone is 1. The van der Waals surface area contributed by atoms with E-state index in [4.69, 9.17) is 23.2 Å². The van der Waals surface area contributed by atoms with Crippen molar-refractivity contribution in [3.63, 3.8) is 0 Å². The van der Waals surface area contributed by atoms with Crippen LogP contribution in [-0.4, -0.2) is 13.0 Å². The quantitative estimate of drug-likeness (QED) is 0.322. The molecule has 0 saturated heterocycles. The van der Waals surface area contributed by atoms with Crippen LogP contribution in [0.15, 0.2) is 58.3 Å². The number of alkyl halides is 3. The first-order valence-electron chi connectivity index (χ1n) is 10.0. The van der Waals surface area contributed by atoms with E-state index in [9.17, 15) is 26.9 Å². The number of rotatable bonds is 5. The van der Waals surface area contributed by atoms with Crippen molar-refractivity contribution in [1.82, 2.24) is 4.57 Å². The summed E-state index contributed by atoms with van der Waals surface area (Å²) in [5.74, 6) is -0.202. The Labute approximate surface area is 205 Å². The first-order chi connectivity index (χ1) is 15.8. The summed E-state index contributed by atoms with van der Waals surface area (Å²) in [6.45, 7) is 5.18. The molecule has 0 aliphatic heterocycles.